The first-order valence-corrected chi connectivity index (χ1v) is 6.27. The molecular weight excluding hydrogens is 236 g/mol. The van der Waals surface area contributed by atoms with Crippen molar-refractivity contribution < 1.29 is 0 Å². The Bertz CT molecular complexity index is 652. The Kier molecular flexibility index (Phi) is 3.06. The van der Waals surface area contributed by atoms with Crippen LogP contribution in [-0.4, -0.2) is 14.3 Å². The van der Waals surface area contributed by atoms with Crippen molar-refractivity contribution in [2.45, 2.75) is 6.54 Å². The number of benzene rings is 1. The van der Waals surface area contributed by atoms with Crippen LogP contribution in [0.4, 0.5) is 5.69 Å². The van der Waals surface area contributed by atoms with Gasteiger partial charge in [-0.2, -0.15) is 5.10 Å². The second-order valence-electron chi connectivity index (χ2n) is 4.44. The van der Waals surface area contributed by atoms with Crippen molar-refractivity contribution in [1.82, 2.24) is 14.3 Å². The summed E-state index contributed by atoms with van der Waals surface area (Å²) >= 11 is 0. The normalized spacial score (nSPS) is 10.6. The lowest BCUT2D eigenvalue weighted by atomic mass is 10.2. The van der Waals surface area contributed by atoms with Gasteiger partial charge in [-0.3, -0.25) is 4.68 Å². The second-order valence-corrected chi connectivity index (χ2v) is 4.44. The van der Waals surface area contributed by atoms with Crippen molar-refractivity contribution in [3.05, 3.63) is 66.7 Å². The molecule has 0 bridgehead atoms. The fourth-order valence-electron chi connectivity index (χ4n) is 2.05. The van der Waals surface area contributed by atoms with Crippen LogP contribution < -0.4 is 5.32 Å². The van der Waals surface area contributed by atoms with Gasteiger partial charge in [-0.15, -0.1) is 0 Å². The standard InChI is InChI=1S/C15H16N4/c1-18-15(7-8-17-18)12-16-13-5-4-6-14(11-13)19-9-2-3-10-19/h2-11,16H,12H2,1H3. The van der Waals surface area contributed by atoms with E-state index in [1.807, 2.05) is 48.5 Å². The van der Waals surface area contributed by atoms with Crippen molar-refractivity contribution in [2.24, 2.45) is 7.05 Å². The molecular formula is C15H16N4. The molecule has 2 heterocycles. The first-order chi connectivity index (χ1) is 9.33. The highest BCUT2D eigenvalue weighted by atomic mass is 15.3. The summed E-state index contributed by atoms with van der Waals surface area (Å²) in [6.45, 7) is 0.769. The van der Waals surface area contributed by atoms with E-state index in [1.54, 1.807) is 0 Å². The van der Waals surface area contributed by atoms with Gasteiger partial charge in [0.2, 0.25) is 0 Å². The minimum Gasteiger partial charge on any atom is -0.379 e. The molecule has 0 aliphatic heterocycles. The highest BCUT2D eigenvalue weighted by Crippen LogP contribution is 2.15. The summed E-state index contributed by atoms with van der Waals surface area (Å²) in [5.74, 6) is 0. The highest BCUT2D eigenvalue weighted by molar-refractivity contribution is 5.51. The fourth-order valence-corrected chi connectivity index (χ4v) is 2.05. The molecule has 0 fully saturated rings. The molecule has 96 valence electrons. The van der Waals surface area contributed by atoms with Crippen LogP contribution in [0.2, 0.25) is 0 Å². The van der Waals surface area contributed by atoms with E-state index in [0.717, 1.165) is 23.6 Å². The Balaban J connectivity index is 1.75. The molecule has 0 amide bonds. The summed E-state index contributed by atoms with van der Waals surface area (Å²) in [6, 6.07) is 14.4. The van der Waals surface area contributed by atoms with Gasteiger partial charge in [0, 0.05) is 37.0 Å². The average molecular weight is 252 g/mol. The molecule has 2 aromatic heterocycles. The summed E-state index contributed by atoms with van der Waals surface area (Å²) in [7, 11) is 1.95. The molecule has 0 atom stereocenters. The zero-order valence-corrected chi connectivity index (χ0v) is 10.8. The smallest absolute Gasteiger partial charge is 0.0571 e. The van der Waals surface area contributed by atoms with E-state index in [0.29, 0.717) is 0 Å². The molecule has 4 nitrogen and oxygen atoms in total. The van der Waals surface area contributed by atoms with Crippen LogP contribution in [0.15, 0.2) is 61.1 Å². The van der Waals surface area contributed by atoms with Crippen molar-refractivity contribution in [1.29, 1.82) is 0 Å². The quantitative estimate of drug-likeness (QED) is 0.775. The van der Waals surface area contributed by atoms with Crippen LogP contribution >= 0.6 is 0 Å². The third-order valence-corrected chi connectivity index (χ3v) is 3.14. The van der Waals surface area contributed by atoms with Crippen molar-refractivity contribution in [2.75, 3.05) is 5.32 Å². The van der Waals surface area contributed by atoms with Crippen LogP contribution in [0, 0.1) is 0 Å². The summed E-state index contributed by atoms with van der Waals surface area (Å²) in [6.07, 6.45) is 5.90. The second kappa shape index (κ2) is 5.02. The zero-order valence-electron chi connectivity index (χ0n) is 10.8. The van der Waals surface area contributed by atoms with Gasteiger partial charge in [0.1, 0.15) is 0 Å². The van der Waals surface area contributed by atoms with E-state index in [9.17, 15) is 0 Å². The number of nitrogens with one attached hydrogen (secondary N) is 1. The Hall–Kier alpha value is -2.49. The van der Waals surface area contributed by atoms with Gasteiger partial charge in [-0.25, -0.2) is 0 Å². The van der Waals surface area contributed by atoms with Crippen LogP contribution in [0.1, 0.15) is 5.69 Å². The SMILES string of the molecule is Cn1nccc1CNc1cccc(-n2cccc2)c1. The van der Waals surface area contributed by atoms with Crippen molar-refractivity contribution >= 4 is 5.69 Å². The van der Waals surface area contributed by atoms with Crippen LogP contribution in [0.25, 0.3) is 5.69 Å². The number of aryl methyl sites for hydroxylation is 1. The molecule has 3 aromatic rings. The molecule has 4 heteroatoms. The number of hydrogen-bond donors (Lipinski definition) is 1. The zero-order chi connectivity index (χ0) is 13.1. The average Bonchev–Trinajstić information content (AvgIpc) is 3.08. The molecule has 1 aromatic carbocycles. The summed E-state index contributed by atoms with van der Waals surface area (Å²) in [5, 5.41) is 7.58. The minimum atomic E-state index is 0.769. The molecule has 1 N–H and O–H groups in total. The fraction of sp³-hybridized carbons (Fsp3) is 0.133. The molecule has 0 aliphatic rings. The maximum atomic E-state index is 4.16. The molecule has 19 heavy (non-hydrogen) atoms. The molecule has 0 radical (unpaired) electrons. The van der Waals surface area contributed by atoms with Gasteiger partial charge in [0.15, 0.2) is 0 Å². The van der Waals surface area contributed by atoms with E-state index < -0.39 is 0 Å². The highest BCUT2D eigenvalue weighted by Gasteiger charge is 2.00. The van der Waals surface area contributed by atoms with E-state index in [-0.39, 0.29) is 0 Å². The summed E-state index contributed by atoms with van der Waals surface area (Å²) in [5.41, 5.74) is 3.42. The van der Waals surface area contributed by atoms with Crippen LogP contribution in [0.3, 0.4) is 0 Å². The number of anilines is 1. The number of nitrogens with zero attached hydrogens (tertiary/aromatic N) is 3. The van der Waals surface area contributed by atoms with Gasteiger partial charge in [-0.1, -0.05) is 6.07 Å². The van der Waals surface area contributed by atoms with Crippen LogP contribution in [0.5, 0.6) is 0 Å². The van der Waals surface area contributed by atoms with E-state index >= 15 is 0 Å². The maximum Gasteiger partial charge on any atom is 0.0571 e. The predicted octanol–water partition coefficient (Wildman–Crippen LogP) is 2.82. The van der Waals surface area contributed by atoms with Gasteiger partial charge >= 0.3 is 0 Å². The molecule has 0 unspecified atom stereocenters. The first-order valence-electron chi connectivity index (χ1n) is 6.27. The molecule has 0 saturated carbocycles. The van der Waals surface area contributed by atoms with Gasteiger partial charge in [-0.05, 0) is 36.4 Å². The first kappa shape index (κ1) is 11.6. The molecule has 0 aliphatic carbocycles. The molecule has 0 spiro atoms. The lowest BCUT2D eigenvalue weighted by molar-refractivity contribution is 0.720. The Morgan fingerprint density at radius 2 is 1.95 bits per heavy atom. The van der Waals surface area contributed by atoms with Gasteiger partial charge in [0.25, 0.3) is 0 Å². The summed E-state index contributed by atoms with van der Waals surface area (Å²) in [4.78, 5) is 0. The lowest BCUT2D eigenvalue weighted by Gasteiger charge is -2.09. The number of rotatable bonds is 4. The van der Waals surface area contributed by atoms with Crippen molar-refractivity contribution in [3.63, 3.8) is 0 Å². The van der Waals surface area contributed by atoms with E-state index in [1.165, 1.54) is 0 Å². The Morgan fingerprint density at radius 3 is 2.68 bits per heavy atom. The van der Waals surface area contributed by atoms with E-state index in [4.69, 9.17) is 0 Å². The van der Waals surface area contributed by atoms with Gasteiger partial charge < -0.3 is 9.88 Å². The topological polar surface area (TPSA) is 34.8 Å². The molecule has 0 saturated heterocycles. The minimum absolute atomic E-state index is 0.769. The van der Waals surface area contributed by atoms with Crippen LogP contribution in [-0.2, 0) is 13.6 Å². The molecule has 3 rings (SSSR count). The Labute approximate surface area is 112 Å². The lowest BCUT2D eigenvalue weighted by Crippen LogP contribution is -2.05. The monoisotopic (exact) mass is 252 g/mol. The Morgan fingerprint density at radius 1 is 1.11 bits per heavy atom. The largest absolute Gasteiger partial charge is 0.379 e. The third kappa shape index (κ3) is 2.52. The summed E-state index contributed by atoms with van der Waals surface area (Å²) < 4.78 is 3.97. The van der Waals surface area contributed by atoms with Gasteiger partial charge in [0.05, 0.1) is 12.2 Å². The van der Waals surface area contributed by atoms with Crippen molar-refractivity contribution in [3.8, 4) is 5.69 Å². The third-order valence-electron chi connectivity index (χ3n) is 3.14. The maximum absolute atomic E-state index is 4.16. The number of aromatic nitrogens is 3. The predicted molar refractivity (Wildman–Crippen MR) is 76.3 cm³/mol. The number of hydrogen-bond acceptors (Lipinski definition) is 2. The van der Waals surface area contributed by atoms with E-state index in [2.05, 4.69) is 39.2 Å².